The molecule has 0 aromatic heterocycles. The van der Waals surface area contributed by atoms with E-state index in [0.717, 1.165) is 13.1 Å². The first-order chi connectivity index (χ1) is 11.5. The van der Waals surface area contributed by atoms with Gasteiger partial charge in [0.25, 0.3) is 0 Å². The molecule has 1 aliphatic heterocycles. The number of hydrogen-bond acceptors (Lipinski definition) is 4. The van der Waals surface area contributed by atoms with Gasteiger partial charge in [-0.1, -0.05) is 30.3 Å². The van der Waals surface area contributed by atoms with Gasteiger partial charge in [-0.2, -0.15) is 0 Å². The molecular formula is C18H27N3O3. The highest BCUT2D eigenvalue weighted by Gasteiger charge is 2.24. The van der Waals surface area contributed by atoms with E-state index in [9.17, 15) is 14.7 Å². The Labute approximate surface area is 143 Å². The van der Waals surface area contributed by atoms with E-state index in [-0.39, 0.29) is 24.7 Å². The number of aliphatic hydroxyl groups excluding tert-OH is 1. The summed E-state index contributed by atoms with van der Waals surface area (Å²) in [6.07, 6.45) is -0.154. The van der Waals surface area contributed by atoms with Crippen LogP contribution in [0.25, 0.3) is 0 Å². The maximum absolute atomic E-state index is 12.3. The second-order valence-electron chi connectivity index (χ2n) is 6.50. The fraction of sp³-hybridized carbons (Fsp3) is 0.556. The number of aliphatic hydroxyl groups is 1. The summed E-state index contributed by atoms with van der Waals surface area (Å²) in [7, 11) is 3.37. The molecule has 0 aliphatic carbocycles. The number of rotatable bonds is 5. The Kier molecular flexibility index (Phi) is 6.75. The molecule has 2 rings (SSSR count). The van der Waals surface area contributed by atoms with E-state index < -0.39 is 6.10 Å². The number of amides is 2. The molecule has 24 heavy (non-hydrogen) atoms. The average Bonchev–Trinajstić information content (AvgIpc) is 2.74. The van der Waals surface area contributed by atoms with Crippen molar-refractivity contribution < 1.29 is 14.7 Å². The summed E-state index contributed by atoms with van der Waals surface area (Å²) in [6.45, 7) is 2.95. The zero-order valence-electron chi connectivity index (χ0n) is 14.5. The van der Waals surface area contributed by atoms with Crippen LogP contribution in [-0.4, -0.2) is 78.0 Å². The lowest BCUT2D eigenvalue weighted by molar-refractivity contribution is -0.136. The fourth-order valence-corrected chi connectivity index (χ4v) is 2.86. The van der Waals surface area contributed by atoms with Crippen molar-refractivity contribution in [1.82, 2.24) is 14.7 Å². The highest BCUT2D eigenvalue weighted by molar-refractivity contribution is 5.83. The molecule has 1 atom stereocenters. The van der Waals surface area contributed by atoms with Crippen molar-refractivity contribution in [3.8, 4) is 0 Å². The van der Waals surface area contributed by atoms with Crippen LogP contribution in [0.4, 0.5) is 0 Å². The minimum Gasteiger partial charge on any atom is -0.390 e. The minimum atomic E-state index is -0.565. The molecule has 1 aliphatic rings. The van der Waals surface area contributed by atoms with E-state index >= 15 is 0 Å². The van der Waals surface area contributed by atoms with Gasteiger partial charge in [0.05, 0.1) is 6.10 Å². The third-order valence-corrected chi connectivity index (χ3v) is 4.24. The number of nitrogens with zero attached hydrogens (tertiary/aromatic N) is 3. The van der Waals surface area contributed by atoms with E-state index in [1.165, 1.54) is 10.5 Å². The van der Waals surface area contributed by atoms with Gasteiger partial charge in [0, 0.05) is 59.7 Å². The summed E-state index contributed by atoms with van der Waals surface area (Å²) in [5, 5.41) is 10.2. The van der Waals surface area contributed by atoms with Gasteiger partial charge in [-0.25, -0.2) is 0 Å². The predicted octanol–water partition coefficient (Wildman–Crippen LogP) is 0.560. The summed E-state index contributed by atoms with van der Waals surface area (Å²) in [5.41, 5.74) is 1.20. The van der Waals surface area contributed by atoms with E-state index in [1.807, 2.05) is 18.2 Å². The Morgan fingerprint density at radius 1 is 1.12 bits per heavy atom. The molecule has 132 valence electrons. The van der Waals surface area contributed by atoms with Crippen LogP contribution in [-0.2, 0) is 16.1 Å². The zero-order chi connectivity index (χ0) is 17.5. The Morgan fingerprint density at radius 2 is 1.83 bits per heavy atom. The first kappa shape index (κ1) is 18.4. The summed E-state index contributed by atoms with van der Waals surface area (Å²) < 4.78 is 0. The lowest BCUT2D eigenvalue weighted by atomic mass is 10.2. The van der Waals surface area contributed by atoms with Gasteiger partial charge in [-0.3, -0.25) is 14.5 Å². The van der Waals surface area contributed by atoms with Crippen LogP contribution in [0.5, 0.6) is 0 Å². The van der Waals surface area contributed by atoms with E-state index in [4.69, 9.17) is 0 Å². The van der Waals surface area contributed by atoms with Gasteiger partial charge in [-0.15, -0.1) is 0 Å². The number of carbonyl (C=O) groups is 2. The monoisotopic (exact) mass is 333 g/mol. The molecule has 1 fully saturated rings. The molecular weight excluding hydrogens is 306 g/mol. The SMILES string of the molecule is CN(C)C(=O)CCC(=O)N1CCN(Cc2ccccc2)CC(O)C1. The van der Waals surface area contributed by atoms with Crippen LogP contribution in [0.1, 0.15) is 18.4 Å². The maximum atomic E-state index is 12.3. The Balaban J connectivity index is 1.86. The third-order valence-electron chi connectivity index (χ3n) is 4.24. The quantitative estimate of drug-likeness (QED) is 0.855. The molecule has 1 unspecified atom stereocenters. The first-order valence-corrected chi connectivity index (χ1v) is 8.38. The molecule has 0 spiro atoms. The number of benzene rings is 1. The molecule has 0 saturated carbocycles. The van der Waals surface area contributed by atoms with Crippen molar-refractivity contribution in [2.24, 2.45) is 0 Å². The number of carbonyl (C=O) groups excluding carboxylic acids is 2. The molecule has 6 heteroatoms. The number of hydrogen-bond donors (Lipinski definition) is 1. The highest BCUT2D eigenvalue weighted by atomic mass is 16.3. The van der Waals surface area contributed by atoms with E-state index in [0.29, 0.717) is 19.6 Å². The topological polar surface area (TPSA) is 64.1 Å². The Hall–Kier alpha value is -1.92. The second kappa shape index (κ2) is 8.80. The highest BCUT2D eigenvalue weighted by Crippen LogP contribution is 2.11. The van der Waals surface area contributed by atoms with Crippen molar-refractivity contribution in [2.45, 2.75) is 25.5 Å². The van der Waals surface area contributed by atoms with E-state index in [1.54, 1.807) is 19.0 Å². The molecule has 1 aromatic carbocycles. The molecule has 0 bridgehead atoms. The second-order valence-corrected chi connectivity index (χ2v) is 6.50. The van der Waals surface area contributed by atoms with Crippen LogP contribution >= 0.6 is 0 Å². The van der Waals surface area contributed by atoms with Crippen LogP contribution < -0.4 is 0 Å². The summed E-state index contributed by atoms with van der Waals surface area (Å²) in [4.78, 5) is 29.3. The van der Waals surface area contributed by atoms with Crippen molar-refractivity contribution in [3.63, 3.8) is 0 Å². The lowest BCUT2D eigenvalue weighted by Gasteiger charge is -2.22. The normalized spacial score (nSPS) is 19.0. The Bertz CT molecular complexity index is 548. The van der Waals surface area contributed by atoms with Crippen molar-refractivity contribution in [3.05, 3.63) is 35.9 Å². The average molecular weight is 333 g/mol. The van der Waals surface area contributed by atoms with Gasteiger partial charge in [0.15, 0.2) is 0 Å². The molecule has 2 amide bonds. The molecule has 0 radical (unpaired) electrons. The largest absolute Gasteiger partial charge is 0.390 e. The molecule has 1 saturated heterocycles. The maximum Gasteiger partial charge on any atom is 0.223 e. The van der Waals surface area contributed by atoms with Gasteiger partial charge < -0.3 is 14.9 Å². The smallest absolute Gasteiger partial charge is 0.223 e. The zero-order valence-corrected chi connectivity index (χ0v) is 14.5. The minimum absolute atomic E-state index is 0.0515. The predicted molar refractivity (Wildman–Crippen MR) is 92.2 cm³/mol. The van der Waals surface area contributed by atoms with E-state index in [2.05, 4.69) is 17.0 Å². The summed E-state index contributed by atoms with van der Waals surface area (Å²) in [6, 6.07) is 10.1. The van der Waals surface area contributed by atoms with Crippen LogP contribution in [0.2, 0.25) is 0 Å². The van der Waals surface area contributed by atoms with Crippen LogP contribution in [0.15, 0.2) is 30.3 Å². The van der Waals surface area contributed by atoms with Gasteiger partial charge in [0.2, 0.25) is 11.8 Å². The summed E-state index contributed by atoms with van der Waals surface area (Å²) in [5.74, 6) is -0.116. The third kappa shape index (κ3) is 5.62. The first-order valence-electron chi connectivity index (χ1n) is 8.38. The van der Waals surface area contributed by atoms with Gasteiger partial charge in [-0.05, 0) is 5.56 Å². The molecule has 1 aromatic rings. The van der Waals surface area contributed by atoms with Crippen molar-refractivity contribution in [1.29, 1.82) is 0 Å². The molecule has 1 heterocycles. The van der Waals surface area contributed by atoms with Crippen LogP contribution in [0, 0.1) is 0 Å². The Morgan fingerprint density at radius 3 is 2.50 bits per heavy atom. The number of β-amino-alcohol motifs (C(OH)–C–C–N with tert-alkyl or cyclic N) is 1. The van der Waals surface area contributed by atoms with Crippen molar-refractivity contribution >= 4 is 11.8 Å². The van der Waals surface area contributed by atoms with Gasteiger partial charge in [0.1, 0.15) is 0 Å². The fourth-order valence-electron chi connectivity index (χ4n) is 2.86. The summed E-state index contributed by atoms with van der Waals surface area (Å²) >= 11 is 0. The van der Waals surface area contributed by atoms with Gasteiger partial charge >= 0.3 is 0 Å². The standard InChI is InChI=1S/C18H27N3O3/c1-19(2)17(23)8-9-18(24)21-11-10-20(13-16(22)14-21)12-15-6-4-3-5-7-15/h3-7,16,22H,8-14H2,1-2H3. The molecule has 1 N–H and O–H groups in total. The molecule has 6 nitrogen and oxygen atoms in total. The van der Waals surface area contributed by atoms with Crippen molar-refractivity contribution in [2.75, 3.05) is 40.3 Å². The van der Waals surface area contributed by atoms with Crippen LogP contribution in [0.3, 0.4) is 0 Å². The lowest BCUT2D eigenvalue weighted by Crippen LogP contribution is -2.38.